The fourth-order valence-electron chi connectivity index (χ4n) is 4.40. The molecule has 180 valence electrons. The fourth-order valence-corrected chi connectivity index (χ4v) is 6.67. The van der Waals surface area contributed by atoms with Crippen LogP contribution in [0.4, 0.5) is 10.7 Å². The number of carbonyl (C=O) groups is 1. The third-order valence-electron chi connectivity index (χ3n) is 6.21. The van der Waals surface area contributed by atoms with Gasteiger partial charge in [0, 0.05) is 35.1 Å². The van der Waals surface area contributed by atoms with Crippen molar-refractivity contribution in [3.05, 3.63) is 112 Å². The van der Waals surface area contributed by atoms with Crippen LogP contribution in [0.25, 0.3) is 0 Å². The van der Waals surface area contributed by atoms with Crippen molar-refractivity contribution in [3.8, 4) is 6.07 Å². The highest BCUT2D eigenvalue weighted by molar-refractivity contribution is 8.00. The molecule has 1 amide bonds. The number of rotatable bonds is 7. The molecule has 7 heteroatoms. The Bertz CT molecular complexity index is 1380. The molecule has 5 rings (SSSR count). The van der Waals surface area contributed by atoms with E-state index in [9.17, 15) is 10.1 Å². The SMILES string of the molecule is N#Cc1c(NC(=O)C(Sc2ccc(N)cc2)c2ccccc2)sc2c1CCN(Cc1ccccc1)C2. The summed E-state index contributed by atoms with van der Waals surface area (Å²) >= 11 is 3.00. The fraction of sp³-hybridized carbons (Fsp3) is 0.172. The Morgan fingerprint density at radius 2 is 1.75 bits per heavy atom. The van der Waals surface area contributed by atoms with Crippen molar-refractivity contribution in [1.29, 1.82) is 5.26 Å². The second-order valence-electron chi connectivity index (χ2n) is 8.73. The number of nitrogens with two attached hydrogens (primary N) is 1. The van der Waals surface area contributed by atoms with Crippen LogP contribution in [0.5, 0.6) is 0 Å². The van der Waals surface area contributed by atoms with Gasteiger partial charge in [0.05, 0.1) is 5.56 Å². The summed E-state index contributed by atoms with van der Waals surface area (Å²) in [6.07, 6.45) is 0.805. The van der Waals surface area contributed by atoms with Gasteiger partial charge in [0.25, 0.3) is 0 Å². The van der Waals surface area contributed by atoms with E-state index in [1.165, 1.54) is 28.7 Å². The first-order valence-corrected chi connectivity index (χ1v) is 13.5. The van der Waals surface area contributed by atoms with Gasteiger partial charge in [-0.15, -0.1) is 23.1 Å². The molecule has 4 aromatic rings. The zero-order valence-electron chi connectivity index (χ0n) is 19.7. The second-order valence-corrected chi connectivity index (χ2v) is 11.0. The van der Waals surface area contributed by atoms with Crippen molar-refractivity contribution >= 4 is 39.7 Å². The number of nitrogen functional groups attached to an aromatic ring is 1. The summed E-state index contributed by atoms with van der Waals surface area (Å²) in [5.41, 5.74) is 10.4. The van der Waals surface area contributed by atoms with Gasteiger partial charge in [0.1, 0.15) is 16.3 Å². The molecule has 0 aliphatic carbocycles. The molecule has 1 unspecified atom stereocenters. The van der Waals surface area contributed by atoms with Crippen molar-refractivity contribution in [2.75, 3.05) is 17.6 Å². The number of thiophene rings is 1. The molecule has 0 fully saturated rings. The monoisotopic (exact) mass is 510 g/mol. The summed E-state index contributed by atoms with van der Waals surface area (Å²) in [5, 5.41) is 13.3. The van der Waals surface area contributed by atoms with E-state index in [-0.39, 0.29) is 5.91 Å². The van der Waals surface area contributed by atoms with Crippen molar-refractivity contribution in [3.63, 3.8) is 0 Å². The summed E-state index contributed by atoms with van der Waals surface area (Å²) in [6.45, 7) is 2.54. The van der Waals surface area contributed by atoms with Gasteiger partial charge in [-0.3, -0.25) is 9.69 Å². The highest BCUT2D eigenvalue weighted by atomic mass is 32.2. The van der Waals surface area contributed by atoms with Crippen molar-refractivity contribution < 1.29 is 4.79 Å². The summed E-state index contributed by atoms with van der Waals surface area (Å²) in [4.78, 5) is 18.1. The lowest BCUT2D eigenvalue weighted by Crippen LogP contribution is -2.29. The molecule has 1 aromatic heterocycles. The predicted octanol–water partition coefficient (Wildman–Crippen LogP) is 6.23. The minimum atomic E-state index is -0.463. The molecular formula is C29H26N4OS2. The van der Waals surface area contributed by atoms with Crippen LogP contribution < -0.4 is 11.1 Å². The van der Waals surface area contributed by atoms with Crippen LogP contribution in [0.1, 0.15) is 32.4 Å². The van der Waals surface area contributed by atoms with Gasteiger partial charge in [-0.25, -0.2) is 0 Å². The zero-order valence-corrected chi connectivity index (χ0v) is 21.3. The van der Waals surface area contributed by atoms with Crippen LogP contribution in [-0.2, 0) is 24.3 Å². The minimum Gasteiger partial charge on any atom is -0.399 e. The van der Waals surface area contributed by atoms with Crippen LogP contribution in [0.3, 0.4) is 0 Å². The predicted molar refractivity (Wildman–Crippen MR) is 148 cm³/mol. The number of nitrogens with zero attached hydrogens (tertiary/aromatic N) is 2. The molecule has 3 N–H and O–H groups in total. The van der Waals surface area contributed by atoms with E-state index in [0.29, 0.717) is 16.3 Å². The lowest BCUT2D eigenvalue weighted by atomic mass is 10.0. The van der Waals surface area contributed by atoms with Crippen LogP contribution in [0, 0.1) is 11.3 Å². The number of nitriles is 1. The molecule has 1 atom stereocenters. The molecule has 0 radical (unpaired) electrons. The average molecular weight is 511 g/mol. The van der Waals surface area contributed by atoms with Crippen molar-refractivity contribution in [2.45, 2.75) is 29.7 Å². The number of benzene rings is 3. The Labute approximate surface area is 219 Å². The third-order valence-corrected chi connectivity index (χ3v) is 8.61. The molecule has 0 bridgehead atoms. The van der Waals surface area contributed by atoms with Crippen LogP contribution in [0.15, 0.2) is 89.8 Å². The number of hydrogen-bond donors (Lipinski definition) is 2. The van der Waals surface area contributed by atoms with Gasteiger partial charge >= 0.3 is 0 Å². The molecule has 36 heavy (non-hydrogen) atoms. The van der Waals surface area contributed by atoms with Crippen molar-refractivity contribution in [1.82, 2.24) is 4.90 Å². The van der Waals surface area contributed by atoms with Gasteiger partial charge < -0.3 is 11.1 Å². The van der Waals surface area contributed by atoms with Gasteiger partial charge in [-0.2, -0.15) is 5.26 Å². The molecular weight excluding hydrogens is 484 g/mol. The van der Waals surface area contributed by atoms with Gasteiger partial charge in [0.15, 0.2) is 0 Å². The molecule has 3 aromatic carbocycles. The van der Waals surface area contributed by atoms with Gasteiger partial charge in [0.2, 0.25) is 5.91 Å². The molecule has 0 saturated carbocycles. The lowest BCUT2D eigenvalue weighted by molar-refractivity contribution is -0.115. The number of anilines is 2. The van der Waals surface area contributed by atoms with Crippen LogP contribution in [-0.4, -0.2) is 17.4 Å². The minimum absolute atomic E-state index is 0.140. The van der Waals surface area contributed by atoms with E-state index in [0.717, 1.165) is 47.0 Å². The maximum atomic E-state index is 13.6. The highest BCUT2D eigenvalue weighted by Crippen LogP contribution is 2.40. The number of amides is 1. The first-order valence-electron chi connectivity index (χ1n) is 11.8. The van der Waals surface area contributed by atoms with E-state index < -0.39 is 5.25 Å². The Kier molecular flexibility index (Phi) is 7.38. The number of thioether (sulfide) groups is 1. The first kappa shape index (κ1) is 24.1. The zero-order chi connectivity index (χ0) is 24.9. The summed E-state index contributed by atoms with van der Waals surface area (Å²) in [5.74, 6) is -0.140. The highest BCUT2D eigenvalue weighted by Gasteiger charge is 2.28. The molecule has 2 heterocycles. The van der Waals surface area contributed by atoms with Crippen molar-refractivity contribution in [2.24, 2.45) is 0 Å². The standard InChI is InChI=1S/C29H26N4OS2/c30-17-25-24-15-16-33(18-20-7-3-1-4-8-20)19-26(24)36-29(25)32-28(34)27(21-9-5-2-6-10-21)35-23-13-11-22(31)12-14-23/h1-14,27H,15-16,18-19,31H2,(H,32,34). The molecule has 0 spiro atoms. The number of hydrogen-bond acceptors (Lipinski definition) is 6. The Morgan fingerprint density at radius 1 is 1.06 bits per heavy atom. The van der Waals surface area contributed by atoms with Gasteiger partial charge in [-0.05, 0) is 47.4 Å². The first-order chi connectivity index (χ1) is 17.6. The summed E-state index contributed by atoms with van der Waals surface area (Å²) in [6, 6.07) is 30.0. The molecule has 1 aliphatic rings. The quantitative estimate of drug-likeness (QED) is 0.227. The molecule has 0 saturated heterocycles. The number of carbonyl (C=O) groups excluding carboxylic acids is 1. The Morgan fingerprint density at radius 3 is 2.44 bits per heavy atom. The smallest absolute Gasteiger partial charge is 0.243 e. The topological polar surface area (TPSA) is 82.1 Å². The van der Waals surface area contributed by atoms with E-state index in [2.05, 4.69) is 40.6 Å². The second kappa shape index (κ2) is 11.0. The maximum Gasteiger partial charge on any atom is 0.243 e. The van der Waals surface area contributed by atoms with Crippen LogP contribution in [0.2, 0.25) is 0 Å². The summed E-state index contributed by atoms with van der Waals surface area (Å²) in [7, 11) is 0. The normalized spacial score (nSPS) is 14.0. The lowest BCUT2D eigenvalue weighted by Gasteiger charge is -2.26. The van der Waals surface area contributed by atoms with Gasteiger partial charge in [-0.1, -0.05) is 60.7 Å². The molecule has 5 nitrogen and oxygen atoms in total. The maximum absolute atomic E-state index is 13.6. The number of nitrogens with one attached hydrogen (secondary N) is 1. The van der Waals surface area contributed by atoms with E-state index in [1.54, 1.807) is 0 Å². The van der Waals surface area contributed by atoms with Crippen LogP contribution >= 0.6 is 23.1 Å². The molecule has 1 aliphatic heterocycles. The largest absolute Gasteiger partial charge is 0.399 e. The average Bonchev–Trinajstić information content (AvgIpc) is 3.25. The Hall–Kier alpha value is -3.57. The van der Waals surface area contributed by atoms with E-state index >= 15 is 0 Å². The van der Waals surface area contributed by atoms with E-state index in [4.69, 9.17) is 5.73 Å². The number of fused-ring (bicyclic) bond motifs is 1. The third kappa shape index (κ3) is 5.47. The summed E-state index contributed by atoms with van der Waals surface area (Å²) < 4.78 is 0. The van der Waals surface area contributed by atoms with E-state index in [1.807, 2.05) is 60.7 Å². The Balaban J connectivity index is 1.37.